The number of hydrogen-bond acceptors (Lipinski definition) is 10. The lowest BCUT2D eigenvalue weighted by atomic mass is 10.0. The van der Waals surface area contributed by atoms with Gasteiger partial charge in [-0.3, -0.25) is 35.6 Å². The minimum Gasteiger partial charge on any atom is -0.444 e. The van der Waals surface area contributed by atoms with E-state index in [1.165, 1.54) is 35.6 Å². The van der Waals surface area contributed by atoms with Crippen molar-refractivity contribution in [2.75, 3.05) is 31.6 Å². The number of pyridine rings is 2. The number of aromatic nitrogens is 3. The Kier molecular flexibility index (Phi) is 10.4. The molecule has 0 saturated carbocycles. The maximum atomic E-state index is 13.3. The molecule has 0 aromatic carbocycles. The van der Waals surface area contributed by atoms with Gasteiger partial charge in [0.2, 0.25) is 0 Å². The second-order valence-corrected chi connectivity index (χ2v) is 11.7. The number of hydrazine groups is 1. The van der Waals surface area contributed by atoms with Gasteiger partial charge in [-0.15, -0.1) is 11.3 Å². The molecule has 0 unspecified atom stereocenters. The third-order valence-electron chi connectivity index (χ3n) is 6.18. The number of thiazole rings is 1. The van der Waals surface area contributed by atoms with Gasteiger partial charge in [-0.05, 0) is 39.8 Å². The molecule has 1 aliphatic rings. The predicted molar refractivity (Wildman–Crippen MR) is 159 cm³/mol. The molecule has 1 saturated heterocycles. The monoisotopic (exact) mass is 664 g/mol. The van der Waals surface area contributed by atoms with Gasteiger partial charge in [0.05, 0.1) is 18.8 Å². The van der Waals surface area contributed by atoms with Gasteiger partial charge in [-0.1, -0.05) is 0 Å². The molecule has 14 nitrogen and oxygen atoms in total. The van der Waals surface area contributed by atoms with E-state index in [9.17, 15) is 32.3 Å². The van der Waals surface area contributed by atoms with E-state index in [1.807, 2.05) is 0 Å². The summed E-state index contributed by atoms with van der Waals surface area (Å²) in [5.74, 6) is -1.46. The maximum Gasteiger partial charge on any atom is 0.434 e. The van der Waals surface area contributed by atoms with Crippen LogP contribution in [0.1, 0.15) is 43.7 Å². The van der Waals surface area contributed by atoms with Crippen LogP contribution in [-0.4, -0.2) is 81.7 Å². The topological polar surface area (TPSA) is 177 Å². The number of nitrogens with zero attached hydrogens (tertiary/aromatic N) is 4. The molecule has 1 fully saturated rings. The first-order valence-corrected chi connectivity index (χ1v) is 14.7. The van der Waals surface area contributed by atoms with E-state index in [1.54, 1.807) is 27.7 Å². The van der Waals surface area contributed by atoms with Crippen LogP contribution in [0.4, 0.5) is 28.6 Å². The minimum absolute atomic E-state index is 0.0185. The van der Waals surface area contributed by atoms with Crippen LogP contribution in [0.3, 0.4) is 0 Å². The quantitative estimate of drug-likeness (QED) is 0.285. The first kappa shape index (κ1) is 34.0. The molecule has 4 rings (SSSR count). The molecule has 0 spiro atoms. The summed E-state index contributed by atoms with van der Waals surface area (Å²) in [4.78, 5) is 63.8. The molecule has 5 amide bonds. The number of carbonyl (C=O) groups excluding carboxylic acids is 4. The molecule has 1 atom stereocenters. The molecule has 0 radical (unpaired) electrons. The lowest BCUT2D eigenvalue weighted by Gasteiger charge is -2.35. The van der Waals surface area contributed by atoms with Crippen molar-refractivity contribution in [3.8, 4) is 21.7 Å². The highest BCUT2D eigenvalue weighted by Crippen LogP contribution is 2.38. The molecule has 3 aromatic rings. The minimum atomic E-state index is -4.68. The van der Waals surface area contributed by atoms with Crippen molar-refractivity contribution in [2.24, 2.45) is 0 Å². The van der Waals surface area contributed by atoms with Crippen LogP contribution in [-0.2, 0) is 20.4 Å². The van der Waals surface area contributed by atoms with Crippen LogP contribution >= 0.6 is 11.3 Å². The van der Waals surface area contributed by atoms with Crippen LogP contribution in [0.5, 0.6) is 0 Å². The van der Waals surface area contributed by atoms with Gasteiger partial charge in [-0.25, -0.2) is 19.6 Å². The largest absolute Gasteiger partial charge is 0.444 e. The molecule has 3 aromatic heterocycles. The summed E-state index contributed by atoms with van der Waals surface area (Å²) in [6, 6.07) is 1.11. The summed E-state index contributed by atoms with van der Waals surface area (Å²) in [6.45, 7) is 7.29. The third kappa shape index (κ3) is 8.66. The predicted octanol–water partition coefficient (Wildman–Crippen LogP) is 3.82. The lowest BCUT2D eigenvalue weighted by Crippen LogP contribution is -2.59. The Bertz CT molecular complexity index is 1610. The second kappa shape index (κ2) is 14.1. The summed E-state index contributed by atoms with van der Waals surface area (Å²) in [5.41, 5.74) is 3.38. The van der Waals surface area contributed by atoms with Crippen LogP contribution in [0.15, 0.2) is 36.1 Å². The Hall–Kier alpha value is -4.84. The van der Waals surface area contributed by atoms with Gasteiger partial charge in [0.15, 0.2) is 5.69 Å². The number of morpholine rings is 1. The van der Waals surface area contributed by atoms with Crippen LogP contribution < -0.4 is 21.5 Å². The Morgan fingerprint density at radius 1 is 1.09 bits per heavy atom. The molecule has 0 aliphatic carbocycles. The number of anilines is 1. The molecule has 1 aliphatic heterocycles. The van der Waals surface area contributed by atoms with Crippen molar-refractivity contribution >= 4 is 41.1 Å². The van der Waals surface area contributed by atoms with E-state index in [4.69, 9.17) is 9.47 Å². The first-order chi connectivity index (χ1) is 21.7. The van der Waals surface area contributed by atoms with Gasteiger partial charge in [-0.2, -0.15) is 13.2 Å². The Balaban J connectivity index is 1.56. The smallest absolute Gasteiger partial charge is 0.434 e. The van der Waals surface area contributed by atoms with E-state index in [0.717, 1.165) is 16.7 Å². The van der Waals surface area contributed by atoms with Gasteiger partial charge in [0.25, 0.3) is 11.8 Å². The zero-order valence-corrected chi connectivity index (χ0v) is 26.0. The zero-order chi connectivity index (χ0) is 33.6. The first-order valence-electron chi connectivity index (χ1n) is 13.9. The van der Waals surface area contributed by atoms with Crippen LogP contribution in [0.25, 0.3) is 21.7 Å². The normalized spacial score (nSPS) is 15.1. The molecule has 4 heterocycles. The SMILES string of the molecule is CCNC(=O)Nc1cc(-c2nc(C(F)(F)F)cs2)c(-c2cncc(C(=O)NNC(=O)[C@H]3COCCN3C(=O)OC(C)(C)C)c2)cn1. The fourth-order valence-corrected chi connectivity index (χ4v) is 4.98. The van der Waals surface area contributed by atoms with Gasteiger partial charge in [0, 0.05) is 53.8 Å². The van der Waals surface area contributed by atoms with E-state index in [0.29, 0.717) is 6.54 Å². The number of rotatable bonds is 6. The number of ether oxygens (including phenoxy) is 2. The number of urea groups is 1. The Labute approximate surface area is 265 Å². The van der Waals surface area contributed by atoms with Crippen molar-refractivity contribution in [1.82, 2.24) is 36.0 Å². The highest BCUT2D eigenvalue weighted by molar-refractivity contribution is 7.13. The van der Waals surface area contributed by atoms with Gasteiger partial charge in [0.1, 0.15) is 22.5 Å². The Morgan fingerprint density at radius 3 is 2.52 bits per heavy atom. The zero-order valence-electron chi connectivity index (χ0n) is 25.2. The number of amides is 5. The van der Waals surface area contributed by atoms with Crippen molar-refractivity contribution in [1.29, 1.82) is 0 Å². The highest BCUT2D eigenvalue weighted by atomic mass is 32.1. The van der Waals surface area contributed by atoms with E-state index >= 15 is 0 Å². The van der Waals surface area contributed by atoms with Crippen LogP contribution in [0.2, 0.25) is 0 Å². The fraction of sp³-hybridized carbons (Fsp3) is 0.393. The lowest BCUT2D eigenvalue weighted by molar-refractivity contribution is -0.140. The average molecular weight is 665 g/mol. The second-order valence-electron chi connectivity index (χ2n) is 10.8. The summed E-state index contributed by atoms with van der Waals surface area (Å²) in [7, 11) is 0. The number of hydrogen-bond donors (Lipinski definition) is 4. The molecule has 246 valence electrons. The van der Waals surface area contributed by atoms with Gasteiger partial charge < -0.3 is 14.8 Å². The summed E-state index contributed by atoms with van der Waals surface area (Å²) < 4.78 is 50.7. The van der Waals surface area contributed by atoms with Crippen molar-refractivity contribution in [3.05, 3.63) is 47.4 Å². The Morgan fingerprint density at radius 2 is 1.85 bits per heavy atom. The van der Waals surface area contributed by atoms with Crippen molar-refractivity contribution in [2.45, 2.75) is 45.5 Å². The van der Waals surface area contributed by atoms with Gasteiger partial charge >= 0.3 is 18.3 Å². The van der Waals surface area contributed by atoms with Crippen molar-refractivity contribution < 1.29 is 41.8 Å². The molecule has 0 bridgehead atoms. The molecular weight excluding hydrogens is 633 g/mol. The number of alkyl halides is 3. The highest BCUT2D eigenvalue weighted by Gasteiger charge is 2.36. The molecule has 46 heavy (non-hydrogen) atoms. The molecule has 18 heteroatoms. The number of carbonyl (C=O) groups is 4. The van der Waals surface area contributed by atoms with Crippen molar-refractivity contribution in [3.63, 3.8) is 0 Å². The summed E-state index contributed by atoms with van der Waals surface area (Å²) in [6.07, 6.45) is -1.51. The maximum absolute atomic E-state index is 13.3. The summed E-state index contributed by atoms with van der Waals surface area (Å²) >= 11 is 0.735. The molecular formula is C28H31F3N8O6S. The standard InChI is InChI=1S/C28H31F3N8O6S/c1-5-33-25(42)36-21-9-17(24-35-20(14-46-24)28(29,30)31)18(12-34-21)15-8-16(11-32-10-15)22(40)37-38-23(41)19-13-44-7-6-39(19)26(43)45-27(2,3)4/h8-12,14,19H,5-7,13H2,1-4H3,(H,37,40)(H,38,41)(H2,33,34,36,42)/t19-/m1/s1. The fourth-order valence-electron chi connectivity index (χ4n) is 4.12. The van der Waals surface area contributed by atoms with Crippen LogP contribution in [0, 0.1) is 0 Å². The number of halogens is 3. The van der Waals surface area contributed by atoms with E-state index in [-0.39, 0.29) is 52.8 Å². The third-order valence-corrected chi connectivity index (χ3v) is 7.05. The average Bonchev–Trinajstić information content (AvgIpc) is 3.50. The summed E-state index contributed by atoms with van der Waals surface area (Å²) in [5, 5.41) is 5.88. The molecule has 4 N–H and O–H groups in total. The van der Waals surface area contributed by atoms with E-state index in [2.05, 4.69) is 36.4 Å². The number of nitrogens with one attached hydrogen (secondary N) is 4. The van der Waals surface area contributed by atoms with E-state index < -0.39 is 47.5 Å².